The van der Waals surface area contributed by atoms with E-state index in [0.29, 0.717) is 5.02 Å². The van der Waals surface area contributed by atoms with Crippen LogP contribution in [0.1, 0.15) is 6.42 Å². The number of anilines is 2. The Hall–Kier alpha value is -1.56. The van der Waals surface area contributed by atoms with Crippen molar-refractivity contribution >= 4 is 34.7 Å². The Balaban J connectivity index is 2.01. The first kappa shape index (κ1) is 16.3. The molecule has 0 amide bonds. The van der Waals surface area contributed by atoms with Crippen LogP contribution in [0.25, 0.3) is 0 Å². The Morgan fingerprint density at radius 3 is 2.57 bits per heavy atom. The molecule has 0 bridgehead atoms. The molecule has 2 aromatic carbocycles. The number of fused-ring (bicyclic) bond motifs is 2. The van der Waals surface area contributed by atoms with Crippen molar-refractivity contribution in [2.24, 2.45) is 0 Å². The van der Waals surface area contributed by atoms with Crippen molar-refractivity contribution in [1.82, 2.24) is 4.90 Å². The summed E-state index contributed by atoms with van der Waals surface area (Å²) in [5.74, 6) is 0.337. The first-order valence-corrected chi connectivity index (χ1v) is 8.61. The fraction of sp³-hybridized carbons (Fsp3) is 0.294. The van der Waals surface area contributed by atoms with Crippen LogP contribution in [0.15, 0.2) is 40.1 Å². The van der Waals surface area contributed by atoms with Crippen LogP contribution in [0.5, 0.6) is 11.5 Å². The lowest BCUT2D eigenvalue weighted by Crippen LogP contribution is -2.25. The summed E-state index contributed by atoms with van der Waals surface area (Å²) >= 11 is 7.69. The van der Waals surface area contributed by atoms with Crippen molar-refractivity contribution in [3.63, 3.8) is 0 Å². The van der Waals surface area contributed by atoms with E-state index in [9.17, 15) is 10.2 Å². The predicted octanol–water partition coefficient (Wildman–Crippen LogP) is 4.31. The molecule has 23 heavy (non-hydrogen) atoms. The summed E-state index contributed by atoms with van der Waals surface area (Å²) in [4.78, 5) is 6.33. The number of nitrogens with zero attached hydrogens (tertiary/aromatic N) is 2. The average Bonchev–Trinajstić information content (AvgIpc) is 2.49. The minimum atomic E-state index is 0.0911. The molecule has 4 nitrogen and oxygen atoms in total. The third kappa shape index (κ3) is 3.37. The summed E-state index contributed by atoms with van der Waals surface area (Å²) < 4.78 is 0. The van der Waals surface area contributed by atoms with Gasteiger partial charge in [-0.3, -0.25) is 0 Å². The highest BCUT2D eigenvalue weighted by molar-refractivity contribution is 7.99. The van der Waals surface area contributed by atoms with Crippen molar-refractivity contribution in [1.29, 1.82) is 0 Å². The van der Waals surface area contributed by atoms with Crippen molar-refractivity contribution in [3.8, 4) is 11.5 Å². The molecule has 0 atom stereocenters. The summed E-state index contributed by atoms with van der Waals surface area (Å²) in [7, 11) is 4.10. The molecule has 0 fully saturated rings. The molecule has 0 saturated heterocycles. The second-order valence-corrected chi connectivity index (χ2v) is 7.32. The summed E-state index contributed by atoms with van der Waals surface area (Å²) in [5.41, 5.74) is 1.94. The van der Waals surface area contributed by atoms with Crippen LogP contribution >= 0.6 is 23.4 Å². The van der Waals surface area contributed by atoms with E-state index >= 15 is 0 Å². The van der Waals surface area contributed by atoms with Crippen LogP contribution < -0.4 is 4.90 Å². The van der Waals surface area contributed by atoms with Gasteiger partial charge < -0.3 is 20.0 Å². The number of benzene rings is 2. The summed E-state index contributed by atoms with van der Waals surface area (Å²) in [6.07, 6.45) is 0.977. The molecule has 1 aliphatic rings. The van der Waals surface area contributed by atoms with Gasteiger partial charge in [0.25, 0.3) is 0 Å². The summed E-state index contributed by atoms with van der Waals surface area (Å²) in [6, 6.07) is 8.87. The van der Waals surface area contributed by atoms with E-state index in [1.807, 2.05) is 6.07 Å². The number of hydrogen-bond donors (Lipinski definition) is 2. The lowest BCUT2D eigenvalue weighted by Gasteiger charge is -2.33. The van der Waals surface area contributed by atoms with E-state index < -0.39 is 0 Å². The Morgan fingerprint density at radius 1 is 1.09 bits per heavy atom. The van der Waals surface area contributed by atoms with Crippen LogP contribution in [0, 0.1) is 0 Å². The quantitative estimate of drug-likeness (QED) is 0.860. The topological polar surface area (TPSA) is 46.9 Å². The third-order valence-electron chi connectivity index (χ3n) is 3.76. The van der Waals surface area contributed by atoms with E-state index in [-0.39, 0.29) is 11.5 Å². The molecule has 2 aromatic rings. The SMILES string of the molecule is CN(C)CCCN1c2cc(O)ccc2Sc2cc(O)c(Cl)cc21. The van der Waals surface area contributed by atoms with Gasteiger partial charge in [0.1, 0.15) is 11.5 Å². The van der Waals surface area contributed by atoms with Crippen molar-refractivity contribution in [3.05, 3.63) is 35.4 Å². The van der Waals surface area contributed by atoms with E-state index in [1.54, 1.807) is 36.0 Å². The fourth-order valence-corrected chi connectivity index (χ4v) is 3.91. The summed E-state index contributed by atoms with van der Waals surface area (Å²) in [6.45, 7) is 1.78. The molecule has 3 rings (SSSR count). The van der Waals surface area contributed by atoms with Crippen molar-refractivity contribution in [2.45, 2.75) is 16.2 Å². The van der Waals surface area contributed by atoms with E-state index in [1.165, 1.54) is 0 Å². The number of phenolic OH excluding ortho intramolecular Hbond substituents is 2. The second-order valence-electron chi connectivity index (χ2n) is 5.83. The molecular weight excluding hydrogens is 332 g/mol. The number of hydrogen-bond acceptors (Lipinski definition) is 5. The highest BCUT2D eigenvalue weighted by atomic mass is 35.5. The highest BCUT2D eigenvalue weighted by Crippen LogP contribution is 2.51. The van der Waals surface area contributed by atoms with Crippen LogP contribution in [0.4, 0.5) is 11.4 Å². The first-order valence-electron chi connectivity index (χ1n) is 7.41. The van der Waals surface area contributed by atoms with Gasteiger partial charge in [-0.25, -0.2) is 0 Å². The molecule has 0 radical (unpaired) electrons. The molecule has 0 saturated carbocycles. The number of aromatic hydroxyl groups is 2. The Kier molecular flexibility index (Phi) is 4.62. The molecule has 122 valence electrons. The standard InChI is InChI=1S/C17H19ClN2O2S/c1-19(2)6-3-7-20-13-8-11(21)4-5-16(13)23-17-10-15(22)12(18)9-14(17)20/h4-5,8-10,21-22H,3,6-7H2,1-2H3. The fourth-order valence-electron chi connectivity index (χ4n) is 2.66. The molecule has 2 N–H and O–H groups in total. The maximum absolute atomic E-state index is 9.89. The number of phenols is 2. The Bertz CT molecular complexity index is 737. The van der Waals surface area contributed by atoms with Gasteiger partial charge in [0.2, 0.25) is 0 Å². The Morgan fingerprint density at radius 2 is 1.83 bits per heavy atom. The van der Waals surface area contributed by atoms with Crippen LogP contribution in [0.2, 0.25) is 5.02 Å². The van der Waals surface area contributed by atoms with Crippen molar-refractivity contribution in [2.75, 3.05) is 32.1 Å². The van der Waals surface area contributed by atoms with Crippen molar-refractivity contribution < 1.29 is 10.2 Å². The van der Waals surface area contributed by atoms with Crippen LogP contribution in [-0.4, -0.2) is 42.3 Å². The third-order valence-corrected chi connectivity index (χ3v) is 5.17. The van der Waals surface area contributed by atoms with Gasteiger partial charge in [-0.1, -0.05) is 23.4 Å². The van der Waals surface area contributed by atoms with Gasteiger partial charge in [-0.15, -0.1) is 0 Å². The van der Waals surface area contributed by atoms with E-state index in [2.05, 4.69) is 23.9 Å². The second kappa shape index (κ2) is 6.51. The minimum absolute atomic E-state index is 0.0911. The molecule has 1 aliphatic heterocycles. The number of halogens is 1. The molecule has 1 heterocycles. The normalized spacial score (nSPS) is 13.1. The van der Waals surface area contributed by atoms with Gasteiger partial charge in [0.15, 0.2) is 0 Å². The average molecular weight is 351 g/mol. The van der Waals surface area contributed by atoms with Gasteiger partial charge in [-0.2, -0.15) is 0 Å². The zero-order valence-electron chi connectivity index (χ0n) is 13.1. The molecule has 0 spiro atoms. The predicted molar refractivity (Wildman–Crippen MR) is 95.5 cm³/mol. The van der Waals surface area contributed by atoms with E-state index in [0.717, 1.165) is 40.7 Å². The lowest BCUT2D eigenvalue weighted by atomic mass is 10.2. The zero-order valence-corrected chi connectivity index (χ0v) is 14.7. The summed E-state index contributed by atoms with van der Waals surface area (Å²) in [5, 5.41) is 20.1. The lowest BCUT2D eigenvalue weighted by molar-refractivity contribution is 0.402. The molecule has 6 heteroatoms. The van der Waals surface area contributed by atoms with Crippen LogP contribution in [-0.2, 0) is 0 Å². The maximum atomic E-state index is 9.89. The van der Waals surface area contributed by atoms with E-state index in [4.69, 9.17) is 11.6 Å². The molecule has 0 aliphatic carbocycles. The molecular formula is C17H19ClN2O2S. The van der Waals surface area contributed by atoms with Gasteiger partial charge in [-0.05, 0) is 51.3 Å². The first-order chi connectivity index (χ1) is 11.0. The zero-order chi connectivity index (χ0) is 16.6. The van der Waals surface area contributed by atoms with Crippen LogP contribution in [0.3, 0.4) is 0 Å². The maximum Gasteiger partial charge on any atom is 0.135 e. The van der Waals surface area contributed by atoms with Gasteiger partial charge >= 0.3 is 0 Å². The number of rotatable bonds is 4. The minimum Gasteiger partial charge on any atom is -0.508 e. The molecule has 0 unspecified atom stereocenters. The largest absolute Gasteiger partial charge is 0.508 e. The smallest absolute Gasteiger partial charge is 0.135 e. The monoisotopic (exact) mass is 350 g/mol. The molecule has 0 aromatic heterocycles. The Labute approximate surface area is 145 Å². The van der Waals surface area contributed by atoms with Gasteiger partial charge in [0, 0.05) is 22.4 Å². The highest BCUT2D eigenvalue weighted by Gasteiger charge is 2.25. The van der Waals surface area contributed by atoms with Gasteiger partial charge in [0.05, 0.1) is 16.4 Å².